The van der Waals surface area contributed by atoms with E-state index in [0.717, 1.165) is 5.88 Å². The number of thioether (sulfide) groups is 1. The van der Waals surface area contributed by atoms with E-state index in [9.17, 15) is 4.57 Å². The van der Waals surface area contributed by atoms with Gasteiger partial charge in [0.05, 0.1) is 0 Å². The van der Waals surface area contributed by atoms with Crippen LogP contribution in [0.5, 0.6) is 0 Å². The van der Waals surface area contributed by atoms with Crippen molar-refractivity contribution < 1.29 is 13.6 Å². The predicted octanol–water partition coefficient (Wildman–Crippen LogP) is 1.87. The minimum absolute atomic E-state index is 0.110. The van der Waals surface area contributed by atoms with Crippen molar-refractivity contribution >= 4 is 19.4 Å². The number of nitrogens with one attached hydrogen (secondary N) is 1. The first-order valence-corrected chi connectivity index (χ1v) is 6.64. The van der Waals surface area contributed by atoms with Crippen LogP contribution in [0.25, 0.3) is 0 Å². The average molecular weight is 225 g/mol. The lowest BCUT2D eigenvalue weighted by atomic mass is 10.2. The fourth-order valence-corrected chi connectivity index (χ4v) is 4.65. The average Bonchev–Trinajstić information content (AvgIpc) is 2.44. The van der Waals surface area contributed by atoms with Crippen molar-refractivity contribution in [1.82, 2.24) is 5.32 Å². The summed E-state index contributed by atoms with van der Waals surface area (Å²) in [6.45, 7) is 4.07. The predicted molar refractivity (Wildman–Crippen MR) is 55.1 cm³/mol. The Morgan fingerprint density at radius 1 is 1.46 bits per heavy atom. The van der Waals surface area contributed by atoms with Crippen LogP contribution >= 0.6 is 19.4 Å². The van der Waals surface area contributed by atoms with Crippen molar-refractivity contribution in [3.63, 3.8) is 0 Å². The molecule has 0 aromatic carbocycles. The third kappa shape index (κ3) is 2.10. The molecule has 13 heavy (non-hydrogen) atoms. The summed E-state index contributed by atoms with van der Waals surface area (Å²) >= 11 is 1.72. The van der Waals surface area contributed by atoms with Gasteiger partial charge in [0.15, 0.2) is 0 Å². The normalized spacial score (nSPS) is 27.8. The van der Waals surface area contributed by atoms with Crippen LogP contribution in [0.4, 0.5) is 0 Å². The molecule has 1 unspecified atom stereocenters. The van der Waals surface area contributed by atoms with Gasteiger partial charge in [-0.2, -0.15) is 0 Å². The van der Waals surface area contributed by atoms with E-state index in [1.807, 2.05) is 13.8 Å². The van der Waals surface area contributed by atoms with Gasteiger partial charge in [0.2, 0.25) is 0 Å². The lowest BCUT2D eigenvalue weighted by Gasteiger charge is -2.29. The second-order valence-electron chi connectivity index (χ2n) is 3.40. The molecule has 1 saturated heterocycles. The molecule has 0 amide bonds. The SMILES string of the molecule is COP(=O)(OC)C1NCSC1(C)C. The van der Waals surface area contributed by atoms with Crippen molar-refractivity contribution in [3.05, 3.63) is 0 Å². The van der Waals surface area contributed by atoms with Gasteiger partial charge in [0, 0.05) is 24.8 Å². The number of rotatable bonds is 3. The maximum atomic E-state index is 12.0. The molecule has 0 aromatic heterocycles. The molecule has 0 spiro atoms. The third-order valence-electron chi connectivity index (χ3n) is 2.20. The Bertz CT molecular complexity index is 226. The molecular weight excluding hydrogens is 209 g/mol. The zero-order chi connectivity index (χ0) is 10.1. The molecule has 78 valence electrons. The van der Waals surface area contributed by atoms with Gasteiger partial charge in [-0.25, -0.2) is 0 Å². The Labute approximate surface area is 83.3 Å². The molecule has 1 heterocycles. The summed E-state index contributed by atoms with van der Waals surface area (Å²) in [7, 11) is -0.139. The van der Waals surface area contributed by atoms with Gasteiger partial charge in [-0.1, -0.05) is 0 Å². The topological polar surface area (TPSA) is 47.6 Å². The van der Waals surface area contributed by atoms with E-state index in [-0.39, 0.29) is 10.5 Å². The first kappa shape index (κ1) is 11.5. The van der Waals surface area contributed by atoms with E-state index < -0.39 is 7.60 Å². The second kappa shape index (κ2) is 3.91. The van der Waals surface area contributed by atoms with E-state index in [0.29, 0.717) is 0 Å². The van der Waals surface area contributed by atoms with Crippen LogP contribution in [0, 0.1) is 0 Å². The molecule has 1 rings (SSSR count). The van der Waals surface area contributed by atoms with Crippen molar-refractivity contribution in [2.45, 2.75) is 24.4 Å². The fourth-order valence-electron chi connectivity index (χ4n) is 1.41. The van der Waals surface area contributed by atoms with Gasteiger partial charge >= 0.3 is 7.60 Å². The Morgan fingerprint density at radius 3 is 2.31 bits per heavy atom. The van der Waals surface area contributed by atoms with E-state index in [2.05, 4.69) is 5.32 Å². The number of hydrogen-bond donors (Lipinski definition) is 1. The van der Waals surface area contributed by atoms with E-state index in [1.54, 1.807) is 11.8 Å². The Morgan fingerprint density at radius 2 is 2.00 bits per heavy atom. The van der Waals surface area contributed by atoms with Crippen LogP contribution in [-0.2, 0) is 13.6 Å². The summed E-state index contributed by atoms with van der Waals surface area (Å²) in [5.74, 6) is 0.564. The van der Waals surface area contributed by atoms with Crippen molar-refractivity contribution in [3.8, 4) is 0 Å². The first-order valence-electron chi connectivity index (χ1n) is 4.05. The molecule has 1 N–H and O–H groups in total. The summed E-state index contributed by atoms with van der Waals surface area (Å²) in [6, 6.07) is 0. The fraction of sp³-hybridized carbons (Fsp3) is 1.00. The molecule has 1 fully saturated rings. The lowest BCUT2D eigenvalue weighted by molar-refractivity contribution is 0.256. The van der Waals surface area contributed by atoms with Crippen LogP contribution in [0.1, 0.15) is 13.8 Å². The molecule has 1 atom stereocenters. The summed E-state index contributed by atoms with van der Waals surface area (Å²) in [4.78, 5) is 0. The highest BCUT2D eigenvalue weighted by Gasteiger charge is 2.48. The number of hydrogen-bond acceptors (Lipinski definition) is 5. The maximum absolute atomic E-state index is 12.0. The van der Waals surface area contributed by atoms with Crippen molar-refractivity contribution in [1.29, 1.82) is 0 Å². The molecule has 0 bridgehead atoms. The van der Waals surface area contributed by atoms with Crippen LogP contribution in [0.2, 0.25) is 0 Å². The quantitative estimate of drug-likeness (QED) is 0.743. The van der Waals surface area contributed by atoms with Gasteiger partial charge in [0.1, 0.15) is 5.78 Å². The second-order valence-corrected chi connectivity index (χ2v) is 7.36. The molecule has 0 aromatic rings. The van der Waals surface area contributed by atoms with Crippen LogP contribution in [0.3, 0.4) is 0 Å². The van der Waals surface area contributed by atoms with Crippen LogP contribution in [0.15, 0.2) is 0 Å². The van der Waals surface area contributed by atoms with E-state index in [1.165, 1.54) is 14.2 Å². The first-order chi connectivity index (χ1) is 5.96. The molecule has 0 aliphatic carbocycles. The summed E-state index contributed by atoms with van der Waals surface area (Å²) in [6.07, 6.45) is 0. The molecular formula is C7H16NO3PS. The van der Waals surface area contributed by atoms with E-state index in [4.69, 9.17) is 9.05 Å². The van der Waals surface area contributed by atoms with Crippen LogP contribution < -0.4 is 5.32 Å². The molecule has 4 nitrogen and oxygen atoms in total. The van der Waals surface area contributed by atoms with Crippen molar-refractivity contribution in [2.75, 3.05) is 20.1 Å². The van der Waals surface area contributed by atoms with Gasteiger partial charge in [0.25, 0.3) is 0 Å². The summed E-state index contributed by atoms with van der Waals surface area (Å²) in [5.41, 5.74) is 0. The molecule has 0 radical (unpaired) electrons. The largest absolute Gasteiger partial charge is 0.348 e. The minimum atomic E-state index is -2.98. The van der Waals surface area contributed by atoms with Gasteiger partial charge < -0.3 is 9.05 Å². The Balaban J connectivity index is 2.87. The van der Waals surface area contributed by atoms with E-state index >= 15 is 0 Å². The molecule has 1 aliphatic heterocycles. The maximum Gasteiger partial charge on any atom is 0.348 e. The molecule has 0 saturated carbocycles. The highest BCUT2D eigenvalue weighted by molar-refractivity contribution is 8.01. The zero-order valence-corrected chi connectivity index (χ0v) is 10.1. The Kier molecular flexibility index (Phi) is 3.47. The van der Waals surface area contributed by atoms with Gasteiger partial charge in [-0.05, 0) is 13.8 Å². The highest BCUT2D eigenvalue weighted by Crippen LogP contribution is 2.58. The zero-order valence-electron chi connectivity index (χ0n) is 8.36. The molecule has 1 aliphatic rings. The lowest BCUT2D eigenvalue weighted by Crippen LogP contribution is -2.37. The van der Waals surface area contributed by atoms with Gasteiger partial charge in [-0.3, -0.25) is 9.88 Å². The third-order valence-corrected chi connectivity index (χ3v) is 6.15. The monoisotopic (exact) mass is 225 g/mol. The smallest absolute Gasteiger partial charge is 0.311 e. The molecule has 6 heteroatoms. The Hall–Kier alpha value is 0.460. The summed E-state index contributed by atoms with van der Waals surface area (Å²) in [5, 5.41) is 3.14. The van der Waals surface area contributed by atoms with Crippen LogP contribution in [-0.4, -0.2) is 30.6 Å². The highest BCUT2D eigenvalue weighted by atomic mass is 32.2. The minimum Gasteiger partial charge on any atom is -0.311 e. The van der Waals surface area contributed by atoms with Crippen molar-refractivity contribution in [2.24, 2.45) is 0 Å². The summed E-state index contributed by atoms with van der Waals surface area (Å²) < 4.78 is 21.9. The standard InChI is InChI=1S/C7H16NO3PS/c1-7(2)6(8-5-13-7)12(9,10-3)11-4/h6,8H,5H2,1-4H3. The van der Waals surface area contributed by atoms with Gasteiger partial charge in [-0.15, -0.1) is 11.8 Å².